The van der Waals surface area contributed by atoms with Crippen LogP contribution in [0.25, 0.3) is 0 Å². The van der Waals surface area contributed by atoms with Crippen LogP contribution in [0.1, 0.15) is 19.8 Å². The summed E-state index contributed by atoms with van der Waals surface area (Å²) in [7, 11) is 1.79. The van der Waals surface area contributed by atoms with E-state index in [-0.39, 0.29) is 12.6 Å². The topological polar surface area (TPSA) is 55.8 Å². The fraction of sp³-hybridized carbons (Fsp3) is 0.909. The molecular formula is C11H23N3O2. The molecule has 16 heavy (non-hydrogen) atoms. The maximum absolute atomic E-state index is 12.0. The van der Waals surface area contributed by atoms with Crippen molar-refractivity contribution in [3.05, 3.63) is 0 Å². The van der Waals surface area contributed by atoms with Gasteiger partial charge in [0.1, 0.15) is 0 Å². The van der Waals surface area contributed by atoms with E-state index in [2.05, 4.69) is 5.32 Å². The predicted octanol–water partition coefficient (Wildman–Crippen LogP) is 0.104. The number of carbonyl (C=O) groups is 1. The van der Waals surface area contributed by atoms with Crippen molar-refractivity contribution in [3.63, 3.8) is 0 Å². The molecule has 0 spiro atoms. The highest BCUT2D eigenvalue weighted by Crippen LogP contribution is 2.08. The Morgan fingerprint density at radius 3 is 2.81 bits per heavy atom. The minimum absolute atomic E-state index is 0.00486. The molecule has 94 valence electrons. The molecule has 0 aromatic carbocycles. The number of amides is 2. The van der Waals surface area contributed by atoms with Crippen molar-refractivity contribution in [3.8, 4) is 0 Å². The van der Waals surface area contributed by atoms with Gasteiger partial charge in [0.05, 0.1) is 6.61 Å². The van der Waals surface area contributed by atoms with Gasteiger partial charge in [0, 0.05) is 32.7 Å². The third kappa shape index (κ3) is 3.64. The molecular weight excluding hydrogens is 206 g/mol. The van der Waals surface area contributed by atoms with Gasteiger partial charge in [-0.1, -0.05) is 0 Å². The van der Waals surface area contributed by atoms with Crippen molar-refractivity contribution in [2.75, 3.05) is 39.8 Å². The number of urea groups is 1. The molecule has 5 nitrogen and oxygen atoms in total. The summed E-state index contributed by atoms with van der Waals surface area (Å²) >= 11 is 0. The van der Waals surface area contributed by atoms with Gasteiger partial charge in [0.2, 0.25) is 0 Å². The fourth-order valence-electron chi connectivity index (χ4n) is 1.94. The van der Waals surface area contributed by atoms with Crippen LogP contribution in [0.4, 0.5) is 4.79 Å². The van der Waals surface area contributed by atoms with Crippen molar-refractivity contribution in [1.82, 2.24) is 15.1 Å². The van der Waals surface area contributed by atoms with Crippen molar-refractivity contribution in [1.29, 1.82) is 0 Å². The fourth-order valence-corrected chi connectivity index (χ4v) is 1.94. The highest BCUT2D eigenvalue weighted by atomic mass is 16.3. The van der Waals surface area contributed by atoms with Crippen molar-refractivity contribution < 1.29 is 9.90 Å². The molecule has 0 bridgehead atoms. The van der Waals surface area contributed by atoms with E-state index in [0.717, 1.165) is 13.0 Å². The summed E-state index contributed by atoms with van der Waals surface area (Å²) in [6, 6.07) is 0.394. The van der Waals surface area contributed by atoms with Crippen LogP contribution < -0.4 is 5.32 Å². The normalized spacial score (nSPS) is 19.8. The SMILES string of the molecule is CCN(C)C(=O)N(CCO)CC1CCCN1. The molecule has 0 radical (unpaired) electrons. The zero-order valence-corrected chi connectivity index (χ0v) is 10.3. The van der Waals surface area contributed by atoms with E-state index in [1.54, 1.807) is 16.8 Å². The number of hydrogen-bond acceptors (Lipinski definition) is 3. The van der Waals surface area contributed by atoms with E-state index in [1.807, 2.05) is 6.92 Å². The van der Waals surface area contributed by atoms with Crippen LogP contribution in [0.15, 0.2) is 0 Å². The summed E-state index contributed by atoms with van der Waals surface area (Å²) in [5.74, 6) is 0. The Kier molecular flexibility index (Phi) is 5.55. The average Bonchev–Trinajstić information content (AvgIpc) is 2.79. The van der Waals surface area contributed by atoms with Crippen LogP contribution in [0, 0.1) is 0 Å². The minimum Gasteiger partial charge on any atom is -0.395 e. The Hall–Kier alpha value is -0.810. The number of hydrogen-bond donors (Lipinski definition) is 2. The van der Waals surface area contributed by atoms with Crippen molar-refractivity contribution in [2.24, 2.45) is 0 Å². The van der Waals surface area contributed by atoms with E-state index < -0.39 is 0 Å². The first-order valence-corrected chi connectivity index (χ1v) is 6.03. The first-order valence-electron chi connectivity index (χ1n) is 6.03. The number of aliphatic hydroxyl groups excluding tert-OH is 1. The Morgan fingerprint density at radius 1 is 1.56 bits per heavy atom. The van der Waals surface area contributed by atoms with E-state index in [4.69, 9.17) is 5.11 Å². The molecule has 1 rings (SSSR count). The highest BCUT2D eigenvalue weighted by molar-refractivity contribution is 5.74. The van der Waals surface area contributed by atoms with Gasteiger partial charge < -0.3 is 20.2 Å². The molecule has 0 saturated carbocycles. The quantitative estimate of drug-likeness (QED) is 0.703. The maximum Gasteiger partial charge on any atom is 0.319 e. The van der Waals surface area contributed by atoms with Crippen LogP contribution in [-0.4, -0.2) is 66.8 Å². The van der Waals surface area contributed by atoms with Gasteiger partial charge in [-0.05, 0) is 26.3 Å². The van der Waals surface area contributed by atoms with Gasteiger partial charge in [-0.25, -0.2) is 4.79 Å². The molecule has 1 saturated heterocycles. The minimum atomic E-state index is 0.00486. The van der Waals surface area contributed by atoms with Crippen molar-refractivity contribution >= 4 is 6.03 Å². The number of carbonyl (C=O) groups excluding carboxylic acids is 1. The molecule has 1 unspecified atom stereocenters. The van der Waals surface area contributed by atoms with Gasteiger partial charge in [-0.3, -0.25) is 0 Å². The van der Waals surface area contributed by atoms with Crippen LogP contribution in [0.3, 0.4) is 0 Å². The van der Waals surface area contributed by atoms with Gasteiger partial charge in [-0.15, -0.1) is 0 Å². The molecule has 1 fully saturated rings. The summed E-state index contributed by atoms with van der Waals surface area (Å²) in [5, 5.41) is 12.3. The first kappa shape index (κ1) is 13.3. The van der Waals surface area contributed by atoms with Crippen molar-refractivity contribution in [2.45, 2.75) is 25.8 Å². The summed E-state index contributed by atoms with van der Waals surface area (Å²) in [4.78, 5) is 15.4. The van der Waals surface area contributed by atoms with Crippen LogP contribution in [0.5, 0.6) is 0 Å². The lowest BCUT2D eigenvalue weighted by Gasteiger charge is -2.29. The summed E-state index contributed by atoms with van der Waals surface area (Å²) < 4.78 is 0. The molecule has 2 N–H and O–H groups in total. The second-order valence-electron chi connectivity index (χ2n) is 4.26. The molecule has 1 aliphatic heterocycles. The van der Waals surface area contributed by atoms with Gasteiger partial charge in [0.15, 0.2) is 0 Å². The van der Waals surface area contributed by atoms with E-state index in [1.165, 1.54) is 6.42 Å². The molecule has 1 atom stereocenters. The molecule has 1 aliphatic rings. The summed E-state index contributed by atoms with van der Waals surface area (Å²) in [6.45, 7) is 4.82. The monoisotopic (exact) mass is 229 g/mol. The standard InChI is InChI=1S/C11H23N3O2/c1-3-13(2)11(16)14(7-8-15)9-10-5-4-6-12-10/h10,12,15H,3-9H2,1-2H3. The number of nitrogens with zero attached hydrogens (tertiary/aromatic N) is 2. The number of rotatable bonds is 5. The lowest BCUT2D eigenvalue weighted by molar-refractivity contribution is 0.145. The van der Waals surface area contributed by atoms with E-state index in [0.29, 0.717) is 25.7 Å². The zero-order chi connectivity index (χ0) is 12.0. The Labute approximate surface area is 97.4 Å². The first-order chi connectivity index (χ1) is 7.69. The highest BCUT2D eigenvalue weighted by Gasteiger charge is 2.22. The third-order valence-corrected chi connectivity index (χ3v) is 3.04. The van der Waals surface area contributed by atoms with Crippen LogP contribution >= 0.6 is 0 Å². The maximum atomic E-state index is 12.0. The second kappa shape index (κ2) is 6.70. The zero-order valence-electron chi connectivity index (χ0n) is 10.3. The summed E-state index contributed by atoms with van der Waals surface area (Å²) in [5.41, 5.74) is 0. The largest absolute Gasteiger partial charge is 0.395 e. The van der Waals surface area contributed by atoms with Gasteiger partial charge in [-0.2, -0.15) is 0 Å². The molecule has 0 aliphatic carbocycles. The Balaban J connectivity index is 2.48. The Morgan fingerprint density at radius 2 is 2.31 bits per heavy atom. The van der Waals surface area contributed by atoms with E-state index >= 15 is 0 Å². The number of aliphatic hydroxyl groups is 1. The van der Waals surface area contributed by atoms with E-state index in [9.17, 15) is 4.79 Å². The average molecular weight is 229 g/mol. The van der Waals surface area contributed by atoms with Gasteiger partial charge >= 0.3 is 6.03 Å². The lowest BCUT2D eigenvalue weighted by atomic mass is 10.2. The van der Waals surface area contributed by atoms with Crippen LogP contribution in [-0.2, 0) is 0 Å². The summed E-state index contributed by atoms with van der Waals surface area (Å²) in [6.07, 6.45) is 2.29. The number of nitrogens with one attached hydrogen (secondary N) is 1. The van der Waals surface area contributed by atoms with Crippen LogP contribution in [0.2, 0.25) is 0 Å². The Bertz CT molecular complexity index is 217. The molecule has 0 aromatic rings. The second-order valence-corrected chi connectivity index (χ2v) is 4.26. The smallest absolute Gasteiger partial charge is 0.319 e. The molecule has 1 heterocycles. The molecule has 2 amide bonds. The molecule has 0 aromatic heterocycles. The molecule has 5 heteroatoms. The third-order valence-electron chi connectivity index (χ3n) is 3.04. The predicted molar refractivity (Wildman–Crippen MR) is 63.4 cm³/mol. The lowest BCUT2D eigenvalue weighted by Crippen LogP contribution is -2.47. The van der Waals surface area contributed by atoms with Gasteiger partial charge in [0.25, 0.3) is 0 Å².